The van der Waals surface area contributed by atoms with E-state index in [1.807, 2.05) is 29.6 Å². The van der Waals surface area contributed by atoms with Gasteiger partial charge in [-0.25, -0.2) is 18.1 Å². The third kappa shape index (κ3) is 5.13. The molecule has 2 heterocycles. The Morgan fingerprint density at radius 2 is 1.78 bits per heavy atom. The molecule has 9 nitrogen and oxygen atoms in total. The molecular weight excluding hydrogens is 450 g/mol. The van der Waals surface area contributed by atoms with Gasteiger partial charge in [0, 0.05) is 22.8 Å². The van der Waals surface area contributed by atoms with Crippen LogP contribution in [0.4, 0.5) is 10.8 Å². The molecular formula is C21H19N5O4S2. The average Bonchev–Trinajstić information content (AvgIpc) is 3.43. The van der Waals surface area contributed by atoms with E-state index in [1.165, 1.54) is 11.3 Å². The van der Waals surface area contributed by atoms with Gasteiger partial charge in [0.25, 0.3) is 5.91 Å². The van der Waals surface area contributed by atoms with Crippen LogP contribution in [-0.2, 0) is 10.0 Å². The van der Waals surface area contributed by atoms with Gasteiger partial charge in [-0.3, -0.25) is 14.8 Å². The van der Waals surface area contributed by atoms with E-state index in [-0.39, 0.29) is 11.6 Å². The lowest BCUT2D eigenvalue weighted by molar-refractivity contribution is 0.102. The van der Waals surface area contributed by atoms with E-state index in [9.17, 15) is 13.2 Å². The first-order valence-corrected chi connectivity index (χ1v) is 12.1. The van der Waals surface area contributed by atoms with Crippen LogP contribution in [0.15, 0.2) is 66.2 Å². The van der Waals surface area contributed by atoms with E-state index in [1.54, 1.807) is 48.3 Å². The molecule has 0 saturated carbocycles. The van der Waals surface area contributed by atoms with Crippen LogP contribution in [-0.4, -0.2) is 42.5 Å². The van der Waals surface area contributed by atoms with Gasteiger partial charge in [0.15, 0.2) is 10.8 Å². The maximum absolute atomic E-state index is 12.6. The number of hydrogen-bond donors (Lipinski definition) is 2. The summed E-state index contributed by atoms with van der Waals surface area (Å²) in [6.45, 7) is 0. The molecule has 0 aliphatic carbocycles. The molecule has 0 spiro atoms. The number of benzene rings is 2. The minimum absolute atomic E-state index is 0.258. The smallest absolute Gasteiger partial charge is 0.277 e. The first kappa shape index (κ1) is 21.5. The zero-order chi connectivity index (χ0) is 22.7. The summed E-state index contributed by atoms with van der Waals surface area (Å²) in [5, 5.41) is 9.32. The zero-order valence-electron chi connectivity index (χ0n) is 17.1. The number of ether oxygens (including phenoxy) is 1. The van der Waals surface area contributed by atoms with Gasteiger partial charge in [0.2, 0.25) is 10.0 Å². The number of thiazole rings is 1. The second-order valence-corrected chi connectivity index (χ2v) is 9.39. The Morgan fingerprint density at radius 1 is 1.06 bits per heavy atom. The van der Waals surface area contributed by atoms with Gasteiger partial charge >= 0.3 is 0 Å². The van der Waals surface area contributed by atoms with Crippen LogP contribution >= 0.6 is 11.3 Å². The molecule has 2 aromatic carbocycles. The van der Waals surface area contributed by atoms with Crippen molar-refractivity contribution in [2.45, 2.75) is 0 Å². The molecule has 0 fully saturated rings. The fraction of sp³-hybridized carbons (Fsp3) is 0.0952. The Morgan fingerprint density at radius 3 is 2.44 bits per heavy atom. The minimum atomic E-state index is -3.33. The highest BCUT2D eigenvalue weighted by Crippen LogP contribution is 2.26. The van der Waals surface area contributed by atoms with Gasteiger partial charge in [0.05, 0.1) is 24.7 Å². The largest absolute Gasteiger partial charge is 0.497 e. The summed E-state index contributed by atoms with van der Waals surface area (Å²) >= 11 is 1.29. The van der Waals surface area contributed by atoms with Crippen molar-refractivity contribution in [3.63, 3.8) is 0 Å². The lowest BCUT2D eigenvalue weighted by atomic mass is 10.1. The van der Waals surface area contributed by atoms with Crippen LogP contribution < -0.4 is 14.8 Å². The van der Waals surface area contributed by atoms with E-state index < -0.39 is 10.0 Å². The third-order valence-corrected chi connectivity index (χ3v) is 5.73. The highest BCUT2D eigenvalue weighted by molar-refractivity contribution is 7.92. The number of aromatic nitrogens is 3. The molecule has 0 bridgehead atoms. The molecule has 1 amide bonds. The Bertz CT molecular complexity index is 1340. The van der Waals surface area contributed by atoms with Crippen LogP contribution in [0, 0.1) is 0 Å². The highest BCUT2D eigenvalue weighted by Gasteiger charge is 2.13. The normalized spacial score (nSPS) is 11.2. The van der Waals surface area contributed by atoms with E-state index in [0.29, 0.717) is 16.5 Å². The zero-order valence-corrected chi connectivity index (χ0v) is 18.8. The first-order valence-electron chi connectivity index (χ1n) is 9.36. The van der Waals surface area contributed by atoms with Crippen molar-refractivity contribution in [1.82, 2.24) is 14.8 Å². The molecule has 0 aliphatic rings. The average molecular weight is 470 g/mol. The molecule has 4 aromatic rings. The Kier molecular flexibility index (Phi) is 5.93. The maximum atomic E-state index is 12.6. The number of methoxy groups -OCH3 is 1. The molecule has 164 valence electrons. The summed E-state index contributed by atoms with van der Waals surface area (Å²) in [6, 6.07) is 15.8. The van der Waals surface area contributed by atoms with Gasteiger partial charge in [0.1, 0.15) is 5.75 Å². The Labute approximate surface area is 188 Å². The number of hydrogen-bond acceptors (Lipinski definition) is 7. The van der Waals surface area contributed by atoms with Gasteiger partial charge in [-0.1, -0.05) is 12.1 Å². The molecule has 0 atom stereocenters. The van der Waals surface area contributed by atoms with Crippen molar-refractivity contribution in [3.8, 4) is 22.7 Å². The molecule has 2 N–H and O–H groups in total. The van der Waals surface area contributed by atoms with Gasteiger partial charge in [-0.05, 0) is 42.5 Å². The summed E-state index contributed by atoms with van der Waals surface area (Å²) in [6.07, 6.45) is 2.80. The van der Waals surface area contributed by atoms with Crippen molar-refractivity contribution in [2.24, 2.45) is 0 Å². The molecule has 11 heteroatoms. The number of nitrogens with one attached hydrogen (secondary N) is 2. The number of anilines is 2. The van der Waals surface area contributed by atoms with Crippen molar-refractivity contribution < 1.29 is 17.9 Å². The summed E-state index contributed by atoms with van der Waals surface area (Å²) in [7, 11) is -1.74. The van der Waals surface area contributed by atoms with E-state index in [4.69, 9.17) is 4.74 Å². The van der Waals surface area contributed by atoms with E-state index in [2.05, 4.69) is 20.1 Å². The molecule has 0 radical (unpaired) electrons. The Balaban J connectivity index is 1.43. The van der Waals surface area contributed by atoms with Crippen molar-refractivity contribution in [2.75, 3.05) is 23.4 Å². The van der Waals surface area contributed by atoms with Gasteiger partial charge in [-0.15, -0.1) is 11.3 Å². The minimum Gasteiger partial charge on any atom is -0.497 e. The second kappa shape index (κ2) is 8.81. The maximum Gasteiger partial charge on any atom is 0.277 e. The molecule has 0 aliphatic heterocycles. The molecule has 0 saturated heterocycles. The second-order valence-electron chi connectivity index (χ2n) is 6.79. The lowest BCUT2D eigenvalue weighted by Crippen LogP contribution is -2.13. The molecule has 4 rings (SSSR count). The number of sulfonamides is 1. The van der Waals surface area contributed by atoms with Crippen molar-refractivity contribution in [3.05, 3.63) is 71.9 Å². The monoisotopic (exact) mass is 469 g/mol. The first-order chi connectivity index (χ1) is 15.3. The van der Waals surface area contributed by atoms with Crippen LogP contribution in [0.25, 0.3) is 16.9 Å². The quantitative estimate of drug-likeness (QED) is 0.427. The molecule has 0 unspecified atom stereocenters. The highest BCUT2D eigenvalue weighted by atomic mass is 32.2. The Hall–Kier alpha value is -3.70. The summed E-state index contributed by atoms with van der Waals surface area (Å²) in [4.78, 5) is 17.0. The van der Waals surface area contributed by atoms with Crippen LogP contribution in [0.3, 0.4) is 0 Å². The van der Waals surface area contributed by atoms with E-state index >= 15 is 0 Å². The van der Waals surface area contributed by atoms with E-state index in [0.717, 1.165) is 23.3 Å². The standard InChI is InChI=1S/C21H19N5O4S2/c1-30-17-9-7-16(8-10-17)26-12-11-18(24-26)20(27)23-21-22-19(13-31-21)14-3-5-15(6-4-14)25-32(2,28)29/h3-13,25H,1-2H3,(H,22,23,27). The predicted molar refractivity (Wildman–Crippen MR) is 124 cm³/mol. The van der Waals surface area contributed by atoms with Crippen LogP contribution in [0.2, 0.25) is 0 Å². The predicted octanol–water partition coefficient (Wildman–Crippen LogP) is 3.63. The molecule has 32 heavy (non-hydrogen) atoms. The number of nitrogens with zero attached hydrogens (tertiary/aromatic N) is 3. The fourth-order valence-corrected chi connectivity index (χ4v) is 4.15. The third-order valence-electron chi connectivity index (χ3n) is 4.37. The van der Waals surface area contributed by atoms with Crippen LogP contribution in [0.1, 0.15) is 10.5 Å². The van der Waals surface area contributed by atoms with Crippen molar-refractivity contribution in [1.29, 1.82) is 0 Å². The van der Waals surface area contributed by atoms with Gasteiger partial charge < -0.3 is 4.74 Å². The number of rotatable bonds is 7. The summed E-state index contributed by atoms with van der Waals surface area (Å²) < 4.78 is 31.8. The number of carbonyl (C=O) groups is 1. The van der Waals surface area contributed by atoms with Gasteiger partial charge in [-0.2, -0.15) is 5.10 Å². The SMILES string of the molecule is COc1ccc(-n2ccc(C(=O)Nc3nc(-c4ccc(NS(C)(=O)=O)cc4)cs3)n2)cc1. The number of carbonyl (C=O) groups excluding carboxylic acids is 1. The molecule has 2 aromatic heterocycles. The summed E-state index contributed by atoms with van der Waals surface area (Å²) in [5.74, 6) is 0.366. The summed E-state index contributed by atoms with van der Waals surface area (Å²) in [5.41, 5.74) is 2.99. The van der Waals surface area contributed by atoms with Crippen molar-refractivity contribution >= 4 is 38.1 Å². The fourth-order valence-electron chi connectivity index (χ4n) is 2.87. The van der Waals surface area contributed by atoms with Crippen LogP contribution in [0.5, 0.6) is 5.75 Å². The number of amides is 1. The topological polar surface area (TPSA) is 115 Å². The lowest BCUT2D eigenvalue weighted by Gasteiger charge is -2.04.